The highest BCUT2D eigenvalue weighted by Gasteiger charge is 2.09. The van der Waals surface area contributed by atoms with Crippen LogP contribution in [0.2, 0.25) is 5.02 Å². The number of benzene rings is 1. The third-order valence-corrected chi connectivity index (χ3v) is 2.74. The molecule has 0 saturated heterocycles. The summed E-state index contributed by atoms with van der Waals surface area (Å²) in [4.78, 5) is 4.45. The smallest absolute Gasteiger partial charge is 0.141 e. The molecule has 0 spiro atoms. The lowest BCUT2D eigenvalue weighted by Crippen LogP contribution is -1.91. The summed E-state index contributed by atoms with van der Waals surface area (Å²) in [6, 6.07) is 7.61. The van der Waals surface area contributed by atoms with E-state index in [0.717, 1.165) is 17.1 Å². The minimum absolute atomic E-state index is 0.110. The fourth-order valence-corrected chi connectivity index (χ4v) is 1.88. The van der Waals surface area contributed by atoms with Gasteiger partial charge in [0.2, 0.25) is 0 Å². The number of nitrogens with zero attached hydrogens (tertiary/aromatic N) is 2. The van der Waals surface area contributed by atoms with E-state index in [9.17, 15) is 0 Å². The maximum Gasteiger partial charge on any atom is 0.141 e. The molecule has 4 heteroatoms. The van der Waals surface area contributed by atoms with Crippen molar-refractivity contribution in [2.45, 2.75) is 6.42 Å². The van der Waals surface area contributed by atoms with Gasteiger partial charge in [0.15, 0.2) is 0 Å². The maximum absolute atomic E-state index is 8.87. The van der Waals surface area contributed by atoms with E-state index in [1.165, 1.54) is 0 Å². The van der Waals surface area contributed by atoms with Crippen molar-refractivity contribution in [3.8, 4) is 11.4 Å². The molecule has 0 amide bonds. The number of hydrogen-bond donors (Lipinski definition) is 1. The summed E-state index contributed by atoms with van der Waals surface area (Å²) in [5.41, 5.74) is 1.79. The Kier molecular flexibility index (Phi) is 3.27. The van der Waals surface area contributed by atoms with Crippen LogP contribution >= 0.6 is 11.6 Å². The lowest BCUT2D eigenvalue weighted by Gasteiger charge is -2.02. The molecule has 0 fully saturated rings. The highest BCUT2D eigenvalue weighted by Crippen LogP contribution is 2.26. The molecule has 0 bridgehead atoms. The summed E-state index contributed by atoms with van der Waals surface area (Å²) >= 11 is 6.11. The van der Waals surface area contributed by atoms with Crippen molar-refractivity contribution < 1.29 is 5.11 Å². The molecule has 84 valence electrons. The predicted octanol–water partition coefficient (Wildman–Crippen LogP) is 2.28. The Balaban J connectivity index is 2.44. The van der Waals surface area contributed by atoms with E-state index in [1.807, 2.05) is 42.1 Å². The van der Waals surface area contributed by atoms with Crippen LogP contribution in [0.1, 0.15) is 5.69 Å². The summed E-state index contributed by atoms with van der Waals surface area (Å²) in [6.45, 7) is 0.110. The normalized spacial score (nSPS) is 10.7. The van der Waals surface area contributed by atoms with E-state index >= 15 is 0 Å². The van der Waals surface area contributed by atoms with Crippen molar-refractivity contribution >= 4 is 11.6 Å². The fourth-order valence-electron chi connectivity index (χ4n) is 1.66. The van der Waals surface area contributed by atoms with Crippen molar-refractivity contribution in [1.82, 2.24) is 9.55 Å². The molecule has 1 aromatic heterocycles. The van der Waals surface area contributed by atoms with Crippen LogP contribution in [0.15, 0.2) is 30.5 Å². The van der Waals surface area contributed by atoms with Crippen LogP contribution in [-0.2, 0) is 13.5 Å². The quantitative estimate of drug-likeness (QED) is 0.888. The van der Waals surface area contributed by atoms with Crippen LogP contribution in [0.5, 0.6) is 0 Å². The van der Waals surface area contributed by atoms with Gasteiger partial charge in [-0.1, -0.05) is 23.7 Å². The van der Waals surface area contributed by atoms with Gasteiger partial charge >= 0.3 is 0 Å². The largest absolute Gasteiger partial charge is 0.396 e. The van der Waals surface area contributed by atoms with E-state index in [-0.39, 0.29) is 6.61 Å². The highest BCUT2D eigenvalue weighted by molar-refractivity contribution is 6.33. The Morgan fingerprint density at radius 2 is 2.12 bits per heavy atom. The van der Waals surface area contributed by atoms with Crippen LogP contribution in [0.3, 0.4) is 0 Å². The first-order chi connectivity index (χ1) is 7.72. The van der Waals surface area contributed by atoms with Gasteiger partial charge in [0.05, 0.1) is 10.7 Å². The second kappa shape index (κ2) is 4.68. The van der Waals surface area contributed by atoms with E-state index in [2.05, 4.69) is 4.98 Å². The van der Waals surface area contributed by atoms with Crippen molar-refractivity contribution in [3.05, 3.63) is 41.2 Å². The zero-order valence-corrected chi connectivity index (χ0v) is 9.78. The second-order valence-electron chi connectivity index (χ2n) is 3.62. The van der Waals surface area contributed by atoms with E-state index in [0.29, 0.717) is 11.4 Å². The molecule has 0 aliphatic carbocycles. The lowest BCUT2D eigenvalue weighted by molar-refractivity contribution is 0.298. The summed E-state index contributed by atoms with van der Waals surface area (Å²) in [6.07, 6.45) is 2.48. The molecule has 0 saturated carbocycles. The van der Waals surface area contributed by atoms with Crippen molar-refractivity contribution in [1.29, 1.82) is 0 Å². The topological polar surface area (TPSA) is 38.0 Å². The molecule has 1 N–H and O–H groups in total. The first-order valence-electron chi connectivity index (χ1n) is 5.10. The van der Waals surface area contributed by atoms with Crippen LogP contribution in [-0.4, -0.2) is 21.3 Å². The SMILES string of the molecule is Cn1cc(CCO)nc1-c1ccccc1Cl. The molecule has 0 radical (unpaired) electrons. The van der Waals surface area contributed by atoms with Gasteiger partial charge < -0.3 is 9.67 Å². The molecule has 1 heterocycles. The molecular weight excluding hydrogens is 224 g/mol. The summed E-state index contributed by atoms with van der Waals surface area (Å²) in [5.74, 6) is 0.828. The third kappa shape index (κ3) is 2.10. The first-order valence-corrected chi connectivity index (χ1v) is 5.48. The first kappa shape index (κ1) is 11.2. The van der Waals surface area contributed by atoms with Gasteiger partial charge in [0.1, 0.15) is 5.82 Å². The standard InChI is InChI=1S/C12H13ClN2O/c1-15-8-9(6-7-16)14-12(15)10-4-2-3-5-11(10)13/h2-5,8,16H,6-7H2,1H3. The monoisotopic (exact) mass is 236 g/mol. The van der Waals surface area contributed by atoms with Gasteiger partial charge in [0.25, 0.3) is 0 Å². The maximum atomic E-state index is 8.87. The Bertz CT molecular complexity index is 494. The molecule has 0 aliphatic heterocycles. The molecule has 0 atom stereocenters. The molecule has 2 rings (SSSR count). The van der Waals surface area contributed by atoms with Crippen LogP contribution < -0.4 is 0 Å². The number of hydrogen-bond acceptors (Lipinski definition) is 2. The fraction of sp³-hybridized carbons (Fsp3) is 0.250. The van der Waals surface area contributed by atoms with Crippen LogP contribution in [0, 0.1) is 0 Å². The molecule has 3 nitrogen and oxygen atoms in total. The van der Waals surface area contributed by atoms with Crippen molar-refractivity contribution in [3.63, 3.8) is 0 Å². The van der Waals surface area contributed by atoms with Crippen molar-refractivity contribution in [2.24, 2.45) is 7.05 Å². The number of aliphatic hydroxyl groups is 1. The zero-order valence-electron chi connectivity index (χ0n) is 9.02. The van der Waals surface area contributed by atoms with Crippen molar-refractivity contribution in [2.75, 3.05) is 6.61 Å². The van der Waals surface area contributed by atoms with E-state index in [1.54, 1.807) is 0 Å². The van der Waals surface area contributed by atoms with Gasteiger partial charge in [-0.25, -0.2) is 4.98 Å². The van der Waals surface area contributed by atoms with Gasteiger partial charge in [0, 0.05) is 31.8 Å². The number of aliphatic hydroxyl groups excluding tert-OH is 1. The summed E-state index contributed by atoms with van der Waals surface area (Å²) in [7, 11) is 1.92. The minimum Gasteiger partial charge on any atom is -0.396 e. The Labute approximate surface area is 99.3 Å². The average Bonchev–Trinajstić information content (AvgIpc) is 2.61. The summed E-state index contributed by atoms with van der Waals surface area (Å²) in [5, 5.41) is 9.56. The number of rotatable bonds is 3. The highest BCUT2D eigenvalue weighted by atomic mass is 35.5. The van der Waals surface area contributed by atoms with Gasteiger partial charge in [-0.15, -0.1) is 0 Å². The Hall–Kier alpha value is -1.32. The molecule has 1 aromatic carbocycles. The van der Waals surface area contributed by atoms with Gasteiger partial charge in [-0.3, -0.25) is 0 Å². The minimum atomic E-state index is 0.110. The third-order valence-electron chi connectivity index (χ3n) is 2.41. The molecule has 2 aromatic rings. The Morgan fingerprint density at radius 3 is 2.81 bits per heavy atom. The predicted molar refractivity (Wildman–Crippen MR) is 64.4 cm³/mol. The zero-order chi connectivity index (χ0) is 11.5. The van der Waals surface area contributed by atoms with Crippen LogP contribution in [0.4, 0.5) is 0 Å². The molecule has 16 heavy (non-hydrogen) atoms. The lowest BCUT2D eigenvalue weighted by atomic mass is 10.2. The average molecular weight is 237 g/mol. The van der Waals surface area contributed by atoms with E-state index < -0.39 is 0 Å². The Morgan fingerprint density at radius 1 is 1.38 bits per heavy atom. The number of aromatic nitrogens is 2. The van der Waals surface area contributed by atoms with Gasteiger partial charge in [-0.05, 0) is 12.1 Å². The number of aryl methyl sites for hydroxylation is 1. The van der Waals surface area contributed by atoms with Gasteiger partial charge in [-0.2, -0.15) is 0 Å². The second-order valence-corrected chi connectivity index (χ2v) is 4.03. The molecular formula is C12H13ClN2O. The van der Waals surface area contributed by atoms with Crippen LogP contribution in [0.25, 0.3) is 11.4 Å². The molecule has 0 unspecified atom stereocenters. The van der Waals surface area contributed by atoms with E-state index in [4.69, 9.17) is 16.7 Å². The number of halogens is 1. The molecule has 0 aliphatic rings. The number of imidazole rings is 1. The summed E-state index contributed by atoms with van der Waals surface area (Å²) < 4.78 is 1.92.